The van der Waals surface area contributed by atoms with E-state index in [4.69, 9.17) is 11.6 Å². The van der Waals surface area contributed by atoms with Crippen molar-refractivity contribution >= 4 is 27.5 Å². The Bertz CT molecular complexity index is 634. The van der Waals surface area contributed by atoms with Crippen molar-refractivity contribution in [3.63, 3.8) is 0 Å². The van der Waals surface area contributed by atoms with Gasteiger partial charge in [-0.2, -0.15) is 5.10 Å². The Morgan fingerprint density at radius 3 is 2.76 bits per heavy atom. The van der Waals surface area contributed by atoms with Crippen molar-refractivity contribution in [2.24, 2.45) is 5.41 Å². The van der Waals surface area contributed by atoms with E-state index >= 15 is 0 Å². The van der Waals surface area contributed by atoms with Crippen LogP contribution in [0.1, 0.15) is 39.2 Å². The van der Waals surface area contributed by atoms with Gasteiger partial charge in [0.1, 0.15) is 9.76 Å². The Labute approximate surface area is 139 Å². The van der Waals surface area contributed by atoms with Crippen LogP contribution >= 0.6 is 27.5 Å². The normalized spacial score (nSPS) is 11.9. The second-order valence-electron chi connectivity index (χ2n) is 6.28. The van der Waals surface area contributed by atoms with E-state index in [1.165, 1.54) is 12.8 Å². The number of rotatable bonds is 5. The molecule has 0 radical (unpaired) electrons. The first-order chi connectivity index (χ1) is 9.82. The summed E-state index contributed by atoms with van der Waals surface area (Å²) in [6.45, 7) is 9.65. The molecule has 0 spiro atoms. The number of hydrogen-bond donors (Lipinski definition) is 0. The Kier molecular flexibility index (Phi) is 5.10. The standard InChI is InChI=1S/C16H21BrClN3/c1-5-6-16(3,4)10-21-9-12(8-19-21)13-7-11(2)15(18)20-14(13)17/h7-9H,5-6,10H2,1-4H3. The van der Waals surface area contributed by atoms with E-state index < -0.39 is 0 Å². The predicted octanol–water partition coefficient (Wildman–Crippen LogP) is 5.50. The minimum Gasteiger partial charge on any atom is -0.272 e. The van der Waals surface area contributed by atoms with Crippen molar-refractivity contribution < 1.29 is 0 Å². The fourth-order valence-corrected chi connectivity index (χ4v) is 3.32. The maximum atomic E-state index is 6.04. The maximum absolute atomic E-state index is 6.04. The van der Waals surface area contributed by atoms with E-state index in [1.807, 2.05) is 23.9 Å². The van der Waals surface area contributed by atoms with Gasteiger partial charge in [0.05, 0.1) is 6.20 Å². The molecular formula is C16H21BrClN3. The summed E-state index contributed by atoms with van der Waals surface area (Å²) in [6.07, 6.45) is 6.34. The SMILES string of the molecule is CCCC(C)(C)Cn1cc(-c2cc(C)c(Cl)nc2Br)cn1. The smallest absolute Gasteiger partial charge is 0.133 e. The molecule has 2 heterocycles. The Hall–Kier alpha value is -0.870. The van der Waals surface area contributed by atoms with Crippen molar-refractivity contribution in [3.8, 4) is 11.1 Å². The molecule has 0 amide bonds. The highest BCUT2D eigenvalue weighted by molar-refractivity contribution is 9.10. The van der Waals surface area contributed by atoms with E-state index in [0.717, 1.165) is 27.8 Å². The Morgan fingerprint density at radius 1 is 1.38 bits per heavy atom. The number of aromatic nitrogens is 3. The first kappa shape index (κ1) is 16.5. The molecule has 0 unspecified atom stereocenters. The molecule has 0 fully saturated rings. The minimum atomic E-state index is 0.253. The molecule has 21 heavy (non-hydrogen) atoms. The number of aryl methyl sites for hydroxylation is 1. The van der Waals surface area contributed by atoms with Crippen molar-refractivity contribution in [2.45, 2.75) is 47.1 Å². The molecule has 0 saturated carbocycles. The third-order valence-electron chi connectivity index (χ3n) is 3.57. The van der Waals surface area contributed by atoms with Gasteiger partial charge in [0.15, 0.2) is 0 Å². The van der Waals surface area contributed by atoms with Gasteiger partial charge in [0.25, 0.3) is 0 Å². The Morgan fingerprint density at radius 2 is 2.10 bits per heavy atom. The van der Waals surface area contributed by atoms with Crippen LogP contribution in [0.3, 0.4) is 0 Å². The number of nitrogens with zero attached hydrogens (tertiary/aromatic N) is 3. The lowest BCUT2D eigenvalue weighted by atomic mass is 9.88. The highest BCUT2D eigenvalue weighted by atomic mass is 79.9. The van der Waals surface area contributed by atoms with Crippen LogP contribution in [0.5, 0.6) is 0 Å². The van der Waals surface area contributed by atoms with Gasteiger partial charge in [-0.05, 0) is 46.3 Å². The average Bonchev–Trinajstić information content (AvgIpc) is 2.81. The van der Waals surface area contributed by atoms with Crippen LogP contribution in [-0.2, 0) is 6.54 Å². The summed E-state index contributed by atoms with van der Waals surface area (Å²) in [5.74, 6) is 0. The predicted molar refractivity (Wildman–Crippen MR) is 91.6 cm³/mol. The first-order valence-electron chi connectivity index (χ1n) is 7.18. The molecule has 0 N–H and O–H groups in total. The molecule has 0 aromatic carbocycles. The maximum Gasteiger partial charge on any atom is 0.133 e. The third-order valence-corrected chi connectivity index (χ3v) is 4.55. The molecular weight excluding hydrogens is 350 g/mol. The van der Waals surface area contributed by atoms with Crippen LogP contribution in [0, 0.1) is 12.3 Å². The second kappa shape index (κ2) is 6.49. The van der Waals surface area contributed by atoms with Gasteiger partial charge in [-0.15, -0.1) is 0 Å². The van der Waals surface area contributed by atoms with E-state index in [0.29, 0.717) is 5.15 Å². The summed E-state index contributed by atoms with van der Waals surface area (Å²) in [4.78, 5) is 4.31. The minimum absolute atomic E-state index is 0.253. The average molecular weight is 371 g/mol. The number of hydrogen-bond acceptors (Lipinski definition) is 2. The van der Waals surface area contributed by atoms with Crippen LogP contribution in [0.15, 0.2) is 23.1 Å². The topological polar surface area (TPSA) is 30.7 Å². The van der Waals surface area contributed by atoms with Crippen molar-refractivity contribution in [1.82, 2.24) is 14.8 Å². The van der Waals surface area contributed by atoms with Crippen LogP contribution in [0.2, 0.25) is 5.15 Å². The zero-order valence-corrected chi connectivity index (χ0v) is 15.3. The molecule has 5 heteroatoms. The lowest BCUT2D eigenvalue weighted by Crippen LogP contribution is -2.19. The summed E-state index contributed by atoms with van der Waals surface area (Å²) in [7, 11) is 0. The summed E-state index contributed by atoms with van der Waals surface area (Å²) in [6, 6.07) is 2.04. The molecule has 3 nitrogen and oxygen atoms in total. The van der Waals surface area contributed by atoms with Gasteiger partial charge in [-0.25, -0.2) is 4.98 Å². The third kappa shape index (κ3) is 4.07. The quantitative estimate of drug-likeness (QED) is 0.651. The van der Waals surface area contributed by atoms with E-state index in [-0.39, 0.29) is 5.41 Å². The van der Waals surface area contributed by atoms with Crippen molar-refractivity contribution in [3.05, 3.63) is 33.8 Å². The zero-order valence-electron chi connectivity index (χ0n) is 13.0. The molecule has 2 aromatic heterocycles. The van der Waals surface area contributed by atoms with E-state index in [2.05, 4.69) is 53.0 Å². The largest absolute Gasteiger partial charge is 0.272 e. The summed E-state index contributed by atoms with van der Waals surface area (Å²) in [5, 5.41) is 5.02. The molecule has 0 aliphatic carbocycles. The van der Waals surface area contributed by atoms with Gasteiger partial charge in [-0.3, -0.25) is 4.68 Å². The highest BCUT2D eigenvalue weighted by Crippen LogP contribution is 2.31. The Balaban J connectivity index is 2.26. The van der Waals surface area contributed by atoms with Gasteiger partial charge >= 0.3 is 0 Å². The van der Waals surface area contributed by atoms with Gasteiger partial charge in [0.2, 0.25) is 0 Å². The molecule has 114 valence electrons. The summed E-state index contributed by atoms with van der Waals surface area (Å²) >= 11 is 9.52. The molecule has 2 rings (SSSR count). The van der Waals surface area contributed by atoms with Crippen molar-refractivity contribution in [2.75, 3.05) is 0 Å². The molecule has 2 aromatic rings. The monoisotopic (exact) mass is 369 g/mol. The van der Waals surface area contributed by atoms with E-state index in [1.54, 1.807) is 0 Å². The fraction of sp³-hybridized carbons (Fsp3) is 0.500. The first-order valence-corrected chi connectivity index (χ1v) is 8.35. The second-order valence-corrected chi connectivity index (χ2v) is 7.38. The molecule has 0 aliphatic rings. The molecule has 0 bridgehead atoms. The number of pyridine rings is 1. The molecule has 0 aliphatic heterocycles. The lowest BCUT2D eigenvalue weighted by Gasteiger charge is -2.23. The summed E-state index contributed by atoms with van der Waals surface area (Å²) < 4.78 is 2.77. The zero-order chi connectivity index (χ0) is 15.6. The van der Waals surface area contributed by atoms with Crippen LogP contribution in [0.4, 0.5) is 0 Å². The number of halogens is 2. The van der Waals surface area contributed by atoms with Gasteiger partial charge in [-0.1, -0.05) is 38.8 Å². The fourth-order valence-electron chi connectivity index (χ4n) is 2.56. The molecule has 0 atom stereocenters. The van der Waals surface area contributed by atoms with Crippen LogP contribution in [0.25, 0.3) is 11.1 Å². The highest BCUT2D eigenvalue weighted by Gasteiger charge is 2.18. The van der Waals surface area contributed by atoms with Gasteiger partial charge < -0.3 is 0 Å². The molecule has 0 saturated heterocycles. The summed E-state index contributed by atoms with van der Waals surface area (Å²) in [5.41, 5.74) is 3.30. The van der Waals surface area contributed by atoms with Crippen molar-refractivity contribution in [1.29, 1.82) is 0 Å². The van der Waals surface area contributed by atoms with Crippen LogP contribution < -0.4 is 0 Å². The lowest BCUT2D eigenvalue weighted by molar-refractivity contribution is 0.266. The van der Waals surface area contributed by atoms with E-state index in [9.17, 15) is 0 Å². The van der Waals surface area contributed by atoms with Crippen LogP contribution in [-0.4, -0.2) is 14.8 Å². The van der Waals surface area contributed by atoms with Gasteiger partial charge in [0, 0.05) is 23.9 Å².